The van der Waals surface area contributed by atoms with E-state index in [1.165, 1.54) is 11.8 Å². The Labute approximate surface area is 189 Å². The third-order valence-electron chi connectivity index (χ3n) is 4.44. The van der Waals surface area contributed by atoms with Gasteiger partial charge in [0.15, 0.2) is 22.5 Å². The van der Waals surface area contributed by atoms with Crippen LogP contribution >= 0.6 is 11.8 Å². The molecule has 32 heavy (non-hydrogen) atoms. The molecule has 1 aliphatic rings. The summed E-state index contributed by atoms with van der Waals surface area (Å²) in [6, 6.07) is 12.1. The number of benzene rings is 2. The van der Waals surface area contributed by atoms with E-state index in [0.717, 1.165) is 11.8 Å². The SMILES string of the molecule is Cn1c(SCC(=O)Nc2ccc3c(c2)OCCO3)nnc1-c1ccc(NS(C)(=O)=O)cc1. The highest BCUT2D eigenvalue weighted by molar-refractivity contribution is 7.99. The zero-order valence-electron chi connectivity index (χ0n) is 17.4. The maximum absolute atomic E-state index is 12.4. The van der Waals surface area contributed by atoms with Gasteiger partial charge in [-0.3, -0.25) is 9.52 Å². The van der Waals surface area contributed by atoms with E-state index in [4.69, 9.17) is 9.47 Å². The van der Waals surface area contributed by atoms with E-state index in [1.807, 2.05) is 0 Å². The minimum Gasteiger partial charge on any atom is -0.486 e. The number of ether oxygens (including phenoxy) is 2. The van der Waals surface area contributed by atoms with Crippen LogP contribution in [0, 0.1) is 0 Å². The molecule has 3 aromatic rings. The molecule has 4 rings (SSSR count). The fraction of sp³-hybridized carbons (Fsp3) is 0.250. The maximum atomic E-state index is 12.4. The van der Waals surface area contributed by atoms with Crippen molar-refractivity contribution in [1.82, 2.24) is 14.8 Å². The first-order valence-corrected chi connectivity index (χ1v) is 12.5. The fourth-order valence-electron chi connectivity index (χ4n) is 3.04. The number of nitrogens with one attached hydrogen (secondary N) is 2. The molecule has 0 atom stereocenters. The van der Waals surface area contributed by atoms with Crippen molar-refractivity contribution < 1.29 is 22.7 Å². The Morgan fingerprint density at radius 3 is 2.47 bits per heavy atom. The van der Waals surface area contributed by atoms with E-state index < -0.39 is 10.0 Å². The topological polar surface area (TPSA) is 124 Å². The molecule has 0 spiro atoms. The summed E-state index contributed by atoms with van der Waals surface area (Å²) in [6.45, 7) is 0.988. The van der Waals surface area contributed by atoms with Crippen LogP contribution in [0.2, 0.25) is 0 Å². The average Bonchev–Trinajstić information content (AvgIpc) is 3.12. The number of fused-ring (bicyclic) bond motifs is 1. The first-order valence-electron chi connectivity index (χ1n) is 9.58. The fourth-order valence-corrected chi connectivity index (χ4v) is 4.32. The van der Waals surface area contributed by atoms with Gasteiger partial charge in [-0.25, -0.2) is 8.42 Å². The lowest BCUT2D eigenvalue weighted by atomic mass is 10.2. The molecule has 10 nitrogen and oxygen atoms in total. The summed E-state index contributed by atoms with van der Waals surface area (Å²) in [5.41, 5.74) is 1.86. The number of carbonyl (C=O) groups excluding carboxylic acids is 1. The molecular weight excluding hydrogens is 454 g/mol. The predicted molar refractivity (Wildman–Crippen MR) is 122 cm³/mol. The normalized spacial score (nSPS) is 12.9. The summed E-state index contributed by atoms with van der Waals surface area (Å²) in [5.74, 6) is 1.84. The van der Waals surface area contributed by atoms with Crippen LogP contribution < -0.4 is 19.5 Å². The van der Waals surface area contributed by atoms with E-state index in [-0.39, 0.29) is 11.7 Å². The van der Waals surface area contributed by atoms with Crippen molar-refractivity contribution >= 4 is 39.1 Å². The van der Waals surface area contributed by atoms with Gasteiger partial charge in [-0.1, -0.05) is 11.8 Å². The molecule has 0 saturated carbocycles. The van der Waals surface area contributed by atoms with Gasteiger partial charge in [0.05, 0.1) is 12.0 Å². The maximum Gasteiger partial charge on any atom is 0.234 e. The van der Waals surface area contributed by atoms with Gasteiger partial charge in [0.25, 0.3) is 0 Å². The number of sulfonamides is 1. The lowest BCUT2D eigenvalue weighted by Gasteiger charge is -2.18. The van der Waals surface area contributed by atoms with Gasteiger partial charge in [0.2, 0.25) is 15.9 Å². The van der Waals surface area contributed by atoms with E-state index in [0.29, 0.717) is 47.1 Å². The minimum atomic E-state index is -3.34. The molecule has 0 saturated heterocycles. The van der Waals surface area contributed by atoms with Crippen LogP contribution in [0.4, 0.5) is 11.4 Å². The first kappa shape index (κ1) is 22.0. The van der Waals surface area contributed by atoms with E-state index in [9.17, 15) is 13.2 Å². The summed E-state index contributed by atoms with van der Waals surface area (Å²) in [6.07, 6.45) is 1.09. The molecule has 0 bridgehead atoms. The van der Waals surface area contributed by atoms with Crippen molar-refractivity contribution in [2.24, 2.45) is 7.05 Å². The van der Waals surface area contributed by atoms with Crippen molar-refractivity contribution in [3.05, 3.63) is 42.5 Å². The summed E-state index contributed by atoms with van der Waals surface area (Å²) in [5, 5.41) is 11.8. The minimum absolute atomic E-state index is 0.150. The molecular formula is C20H21N5O5S2. The highest BCUT2D eigenvalue weighted by atomic mass is 32.2. The van der Waals surface area contributed by atoms with Crippen LogP contribution in [-0.2, 0) is 21.9 Å². The number of hydrogen-bond acceptors (Lipinski definition) is 8. The Morgan fingerprint density at radius 2 is 1.75 bits per heavy atom. The first-order chi connectivity index (χ1) is 15.3. The van der Waals surface area contributed by atoms with Crippen molar-refractivity contribution in [3.8, 4) is 22.9 Å². The number of aromatic nitrogens is 3. The lowest BCUT2D eigenvalue weighted by molar-refractivity contribution is -0.113. The molecule has 1 amide bonds. The summed E-state index contributed by atoms with van der Waals surface area (Å²) in [4.78, 5) is 12.4. The Morgan fingerprint density at radius 1 is 1.06 bits per heavy atom. The van der Waals surface area contributed by atoms with Crippen LogP contribution in [0.25, 0.3) is 11.4 Å². The number of amides is 1. The van der Waals surface area contributed by atoms with Crippen LogP contribution in [0.1, 0.15) is 0 Å². The second kappa shape index (κ2) is 9.09. The van der Waals surface area contributed by atoms with Crippen LogP contribution in [0.5, 0.6) is 11.5 Å². The van der Waals surface area contributed by atoms with Gasteiger partial charge in [-0.15, -0.1) is 10.2 Å². The van der Waals surface area contributed by atoms with E-state index >= 15 is 0 Å². The van der Waals surface area contributed by atoms with Gasteiger partial charge in [-0.05, 0) is 36.4 Å². The monoisotopic (exact) mass is 475 g/mol. The van der Waals surface area contributed by atoms with Gasteiger partial charge >= 0.3 is 0 Å². The van der Waals surface area contributed by atoms with E-state index in [1.54, 1.807) is 54.1 Å². The quantitative estimate of drug-likeness (QED) is 0.499. The molecule has 168 valence electrons. The smallest absolute Gasteiger partial charge is 0.234 e. The number of rotatable bonds is 7. The third kappa shape index (κ3) is 5.32. The molecule has 2 N–H and O–H groups in total. The standard InChI is InChI=1S/C20H21N5O5S2/c1-25-19(13-3-5-14(6-4-13)24-32(2,27)28)22-23-20(25)31-12-18(26)21-15-7-8-16-17(11-15)30-10-9-29-16/h3-8,11,24H,9-10,12H2,1-2H3,(H,21,26). The zero-order chi connectivity index (χ0) is 22.7. The average molecular weight is 476 g/mol. The summed E-state index contributed by atoms with van der Waals surface area (Å²) < 4.78 is 37.9. The molecule has 0 aliphatic carbocycles. The second-order valence-corrected chi connectivity index (χ2v) is 9.70. The van der Waals surface area contributed by atoms with Gasteiger partial charge in [0, 0.05) is 30.1 Å². The van der Waals surface area contributed by atoms with Crippen LogP contribution in [0.15, 0.2) is 47.6 Å². The number of nitrogens with zero attached hydrogens (tertiary/aromatic N) is 3. The highest BCUT2D eigenvalue weighted by Gasteiger charge is 2.15. The highest BCUT2D eigenvalue weighted by Crippen LogP contribution is 2.32. The molecule has 2 heterocycles. The molecule has 0 fully saturated rings. The van der Waals surface area contributed by atoms with Gasteiger partial charge < -0.3 is 19.4 Å². The Hall–Kier alpha value is -3.25. The van der Waals surface area contributed by atoms with Crippen molar-refractivity contribution in [2.75, 3.05) is 35.3 Å². The Bertz CT molecular complexity index is 1240. The molecule has 0 radical (unpaired) electrons. The van der Waals surface area contributed by atoms with Crippen LogP contribution in [-0.4, -0.2) is 54.3 Å². The van der Waals surface area contributed by atoms with Crippen molar-refractivity contribution in [3.63, 3.8) is 0 Å². The molecule has 12 heteroatoms. The van der Waals surface area contributed by atoms with E-state index in [2.05, 4.69) is 20.2 Å². The van der Waals surface area contributed by atoms with Crippen molar-refractivity contribution in [2.45, 2.75) is 5.16 Å². The molecule has 1 aromatic heterocycles. The zero-order valence-corrected chi connectivity index (χ0v) is 19.0. The predicted octanol–water partition coefficient (Wildman–Crippen LogP) is 2.36. The van der Waals surface area contributed by atoms with Gasteiger partial charge in [-0.2, -0.15) is 0 Å². The second-order valence-electron chi connectivity index (χ2n) is 7.01. The molecule has 2 aromatic carbocycles. The summed E-state index contributed by atoms with van der Waals surface area (Å²) >= 11 is 1.26. The number of hydrogen-bond donors (Lipinski definition) is 2. The van der Waals surface area contributed by atoms with Crippen molar-refractivity contribution in [1.29, 1.82) is 0 Å². The van der Waals surface area contributed by atoms with Crippen LogP contribution in [0.3, 0.4) is 0 Å². The Balaban J connectivity index is 1.37. The molecule has 0 unspecified atom stereocenters. The number of carbonyl (C=O) groups is 1. The third-order valence-corrected chi connectivity index (χ3v) is 6.07. The lowest BCUT2D eigenvalue weighted by Crippen LogP contribution is -2.17. The number of anilines is 2. The molecule has 1 aliphatic heterocycles. The summed E-state index contributed by atoms with van der Waals surface area (Å²) in [7, 11) is -1.53. The largest absolute Gasteiger partial charge is 0.486 e. The number of thioether (sulfide) groups is 1. The Kier molecular flexibility index (Phi) is 6.24. The van der Waals surface area contributed by atoms with Gasteiger partial charge in [0.1, 0.15) is 13.2 Å².